The molecule has 0 radical (unpaired) electrons. The van der Waals surface area contributed by atoms with Crippen molar-refractivity contribution in [3.8, 4) is 0 Å². The second kappa shape index (κ2) is 6.15. The van der Waals surface area contributed by atoms with E-state index in [0.717, 1.165) is 11.1 Å². The van der Waals surface area contributed by atoms with Crippen LogP contribution in [0, 0.1) is 12.3 Å². The Kier molecular flexibility index (Phi) is 4.47. The number of benzene rings is 2. The molecule has 1 saturated carbocycles. The number of sulfone groups is 1. The summed E-state index contributed by atoms with van der Waals surface area (Å²) in [6.07, 6.45) is 0. The maximum atomic E-state index is 13.0. The Balaban J connectivity index is 2.04. The number of hydrogen-bond donors (Lipinski definition) is 2. The van der Waals surface area contributed by atoms with Gasteiger partial charge in [-0.15, -0.1) is 0 Å². The maximum Gasteiger partial charge on any atom is 0.182 e. The van der Waals surface area contributed by atoms with Gasteiger partial charge < -0.3 is 10.2 Å². The van der Waals surface area contributed by atoms with Crippen LogP contribution in [0.2, 0.25) is 5.02 Å². The van der Waals surface area contributed by atoms with Crippen LogP contribution in [-0.4, -0.2) is 37.1 Å². The third kappa shape index (κ3) is 2.65. The van der Waals surface area contributed by atoms with Crippen LogP contribution in [0.4, 0.5) is 0 Å². The van der Waals surface area contributed by atoms with Gasteiger partial charge in [-0.05, 0) is 36.8 Å². The number of aryl methyl sites for hydroxylation is 1. The lowest BCUT2D eigenvalue weighted by Crippen LogP contribution is -2.23. The van der Waals surface area contributed by atoms with Gasteiger partial charge in [-0.2, -0.15) is 0 Å². The summed E-state index contributed by atoms with van der Waals surface area (Å²) >= 11 is 5.90. The molecule has 6 heteroatoms. The van der Waals surface area contributed by atoms with E-state index >= 15 is 0 Å². The number of aliphatic hydroxyl groups excluding tert-OH is 2. The second-order valence-electron chi connectivity index (χ2n) is 6.36. The lowest BCUT2D eigenvalue weighted by atomic mass is 10.0. The Hall–Kier alpha value is -1.40. The van der Waals surface area contributed by atoms with Crippen LogP contribution in [0.3, 0.4) is 0 Å². The second-order valence-corrected chi connectivity index (χ2v) is 8.86. The summed E-state index contributed by atoms with van der Waals surface area (Å²) in [6, 6.07) is 13.5. The van der Waals surface area contributed by atoms with E-state index in [0.29, 0.717) is 5.02 Å². The molecule has 3 rings (SSSR count). The van der Waals surface area contributed by atoms with Crippen molar-refractivity contribution < 1.29 is 18.6 Å². The van der Waals surface area contributed by atoms with Crippen LogP contribution in [-0.2, 0) is 9.84 Å². The molecule has 1 aliphatic rings. The normalized spacial score (nSPS) is 22.3. The predicted molar refractivity (Wildman–Crippen MR) is 93.0 cm³/mol. The molecule has 2 atom stereocenters. The van der Waals surface area contributed by atoms with E-state index in [4.69, 9.17) is 11.6 Å². The summed E-state index contributed by atoms with van der Waals surface area (Å²) < 4.78 is 26.1. The van der Waals surface area contributed by atoms with Crippen LogP contribution >= 0.6 is 11.6 Å². The van der Waals surface area contributed by atoms with Crippen LogP contribution in [0.15, 0.2) is 53.4 Å². The molecule has 0 saturated heterocycles. The van der Waals surface area contributed by atoms with Crippen molar-refractivity contribution in [2.45, 2.75) is 23.0 Å². The van der Waals surface area contributed by atoms with Crippen molar-refractivity contribution in [1.29, 1.82) is 0 Å². The molecule has 128 valence electrons. The molecular formula is C18H19ClO4S. The van der Waals surface area contributed by atoms with Crippen LogP contribution in [0.25, 0.3) is 0 Å². The van der Waals surface area contributed by atoms with E-state index in [1.807, 2.05) is 6.92 Å². The third-order valence-electron chi connectivity index (χ3n) is 4.88. The van der Waals surface area contributed by atoms with Gasteiger partial charge in [0.05, 0.1) is 23.4 Å². The highest BCUT2D eigenvalue weighted by molar-refractivity contribution is 7.92. The van der Waals surface area contributed by atoms with Gasteiger partial charge in [-0.25, -0.2) is 8.42 Å². The van der Waals surface area contributed by atoms with Crippen LogP contribution in [0.5, 0.6) is 0 Å². The van der Waals surface area contributed by atoms with Crippen molar-refractivity contribution in [3.05, 3.63) is 64.7 Å². The van der Waals surface area contributed by atoms with Crippen molar-refractivity contribution in [1.82, 2.24) is 0 Å². The smallest absolute Gasteiger partial charge is 0.182 e. The zero-order chi connectivity index (χ0) is 17.5. The van der Waals surface area contributed by atoms with E-state index in [-0.39, 0.29) is 4.90 Å². The predicted octanol–water partition coefficient (Wildman–Crippen LogP) is 2.56. The fourth-order valence-corrected chi connectivity index (χ4v) is 5.98. The molecule has 0 aromatic heterocycles. The summed E-state index contributed by atoms with van der Waals surface area (Å²) in [5.41, 5.74) is 0.648. The molecule has 2 unspecified atom stereocenters. The first kappa shape index (κ1) is 17.4. The highest BCUT2D eigenvalue weighted by atomic mass is 35.5. The SMILES string of the molecule is Cc1ccc(S(=O)(=O)C2C(c3ccc(Cl)cc3)C2(CO)CO)cc1. The lowest BCUT2D eigenvalue weighted by molar-refractivity contribution is 0.130. The quantitative estimate of drug-likeness (QED) is 0.852. The Labute approximate surface area is 146 Å². The van der Waals surface area contributed by atoms with Gasteiger partial charge in [0, 0.05) is 16.4 Å². The first-order valence-corrected chi connectivity index (χ1v) is 9.57. The Morgan fingerprint density at radius 2 is 1.54 bits per heavy atom. The molecular weight excluding hydrogens is 348 g/mol. The van der Waals surface area contributed by atoms with E-state index in [2.05, 4.69) is 0 Å². The Bertz CT molecular complexity index is 824. The Morgan fingerprint density at radius 3 is 2.04 bits per heavy atom. The molecule has 0 bridgehead atoms. The highest BCUT2D eigenvalue weighted by Gasteiger charge is 2.70. The van der Waals surface area contributed by atoms with Crippen molar-refractivity contribution in [3.63, 3.8) is 0 Å². The minimum absolute atomic E-state index is 0.209. The summed E-state index contributed by atoms with van der Waals surface area (Å²) in [7, 11) is -3.67. The highest BCUT2D eigenvalue weighted by Crippen LogP contribution is 2.63. The average Bonchev–Trinajstić information content (AvgIpc) is 3.26. The third-order valence-corrected chi connectivity index (χ3v) is 7.47. The van der Waals surface area contributed by atoms with Crippen LogP contribution < -0.4 is 0 Å². The van der Waals surface area contributed by atoms with Crippen molar-refractivity contribution >= 4 is 21.4 Å². The average molecular weight is 367 g/mol. The van der Waals surface area contributed by atoms with Gasteiger partial charge in [0.25, 0.3) is 0 Å². The standard InChI is InChI=1S/C18H19ClO4S/c1-12-2-8-15(9-3-12)24(22,23)17-16(18(17,10-20)11-21)13-4-6-14(19)7-5-13/h2-9,16-17,20-21H,10-11H2,1H3. The van der Waals surface area contributed by atoms with Gasteiger partial charge in [0.15, 0.2) is 9.84 Å². The van der Waals surface area contributed by atoms with E-state index in [1.165, 1.54) is 0 Å². The molecule has 0 aliphatic heterocycles. The first-order valence-electron chi connectivity index (χ1n) is 7.64. The van der Waals surface area contributed by atoms with Gasteiger partial charge >= 0.3 is 0 Å². The van der Waals surface area contributed by atoms with Gasteiger partial charge in [-0.1, -0.05) is 41.4 Å². The minimum atomic E-state index is -3.67. The lowest BCUT2D eigenvalue weighted by Gasteiger charge is -2.11. The van der Waals surface area contributed by atoms with Gasteiger partial charge in [-0.3, -0.25) is 0 Å². The largest absolute Gasteiger partial charge is 0.396 e. The Morgan fingerprint density at radius 1 is 1.00 bits per heavy atom. The van der Waals surface area contributed by atoms with Crippen molar-refractivity contribution in [2.75, 3.05) is 13.2 Å². The monoisotopic (exact) mass is 366 g/mol. The number of halogens is 1. The summed E-state index contributed by atoms with van der Waals surface area (Å²) in [5.74, 6) is -0.462. The molecule has 0 amide bonds. The molecule has 2 aromatic rings. The molecule has 1 fully saturated rings. The van der Waals surface area contributed by atoms with E-state index < -0.39 is 39.6 Å². The summed E-state index contributed by atoms with van der Waals surface area (Å²) in [5, 5.41) is 19.3. The molecule has 0 heterocycles. The molecule has 2 aromatic carbocycles. The van der Waals surface area contributed by atoms with E-state index in [9.17, 15) is 18.6 Å². The fraction of sp³-hybridized carbons (Fsp3) is 0.333. The molecule has 4 nitrogen and oxygen atoms in total. The number of aliphatic hydroxyl groups is 2. The fourth-order valence-electron chi connectivity index (χ4n) is 3.42. The molecule has 1 aliphatic carbocycles. The van der Waals surface area contributed by atoms with Crippen molar-refractivity contribution in [2.24, 2.45) is 5.41 Å². The number of hydrogen-bond acceptors (Lipinski definition) is 4. The zero-order valence-electron chi connectivity index (χ0n) is 13.2. The number of rotatable bonds is 5. The van der Waals surface area contributed by atoms with Gasteiger partial charge in [0.1, 0.15) is 0 Å². The molecule has 0 spiro atoms. The first-order chi connectivity index (χ1) is 11.4. The van der Waals surface area contributed by atoms with Crippen LogP contribution in [0.1, 0.15) is 17.0 Å². The maximum absolute atomic E-state index is 13.0. The molecule has 2 N–H and O–H groups in total. The topological polar surface area (TPSA) is 74.6 Å². The summed E-state index contributed by atoms with van der Waals surface area (Å²) in [4.78, 5) is 0.209. The van der Waals surface area contributed by atoms with Gasteiger partial charge in [0.2, 0.25) is 0 Å². The summed E-state index contributed by atoms with van der Waals surface area (Å²) in [6.45, 7) is 1.09. The molecule has 24 heavy (non-hydrogen) atoms. The van der Waals surface area contributed by atoms with E-state index in [1.54, 1.807) is 48.5 Å². The minimum Gasteiger partial charge on any atom is -0.396 e. The zero-order valence-corrected chi connectivity index (χ0v) is 14.8.